The van der Waals surface area contributed by atoms with Crippen LogP contribution in [0.25, 0.3) is 5.57 Å². The molecule has 1 aliphatic heterocycles. The number of benzene rings is 1. The van der Waals surface area contributed by atoms with Crippen LogP contribution in [0, 0.1) is 20.8 Å². The van der Waals surface area contributed by atoms with Crippen molar-refractivity contribution >= 4 is 11.4 Å². The van der Waals surface area contributed by atoms with Crippen LogP contribution in [0.4, 0.5) is 0 Å². The molecule has 0 spiro atoms. The molecule has 0 radical (unpaired) electrons. The first-order valence-corrected chi connectivity index (χ1v) is 5.24. The molecule has 2 N–H and O–H groups in total. The van der Waals surface area contributed by atoms with E-state index >= 15 is 0 Å². The average Bonchev–Trinajstić information content (AvgIpc) is 2.47. The van der Waals surface area contributed by atoms with Crippen LogP contribution < -0.4 is 5.73 Å². The van der Waals surface area contributed by atoms with E-state index in [-0.39, 0.29) is 18.3 Å². The lowest BCUT2D eigenvalue weighted by molar-refractivity contribution is -0.115. The summed E-state index contributed by atoms with van der Waals surface area (Å²) >= 11 is 0. The van der Waals surface area contributed by atoms with Gasteiger partial charge in [-0.1, -0.05) is 17.7 Å². The van der Waals surface area contributed by atoms with Gasteiger partial charge < -0.3 is 10.5 Å². The number of hydrogen-bond acceptors (Lipinski definition) is 3. The van der Waals surface area contributed by atoms with Gasteiger partial charge in [0.15, 0.2) is 12.5 Å². The van der Waals surface area contributed by atoms with E-state index in [4.69, 9.17) is 10.5 Å². The van der Waals surface area contributed by atoms with Crippen LogP contribution in [0.3, 0.4) is 0 Å². The van der Waals surface area contributed by atoms with Crippen LogP contribution in [0.5, 0.6) is 0 Å². The molecule has 84 valence electrons. The van der Waals surface area contributed by atoms with Gasteiger partial charge in [0.1, 0.15) is 0 Å². The van der Waals surface area contributed by atoms with Crippen molar-refractivity contribution in [2.75, 3.05) is 6.61 Å². The second-order valence-corrected chi connectivity index (χ2v) is 4.22. The number of aryl methyl sites for hydroxylation is 3. The highest BCUT2D eigenvalue weighted by Crippen LogP contribution is 2.29. The second-order valence-electron chi connectivity index (χ2n) is 4.22. The first kappa shape index (κ1) is 10.7. The highest BCUT2D eigenvalue weighted by atomic mass is 16.5. The maximum absolute atomic E-state index is 11.7. The van der Waals surface area contributed by atoms with Crippen molar-refractivity contribution < 1.29 is 9.53 Å². The van der Waals surface area contributed by atoms with E-state index in [2.05, 4.69) is 0 Å². The third-order valence-electron chi connectivity index (χ3n) is 2.81. The fourth-order valence-electron chi connectivity index (χ4n) is 2.26. The zero-order valence-electron chi connectivity index (χ0n) is 9.76. The van der Waals surface area contributed by atoms with Crippen LogP contribution >= 0.6 is 0 Å². The molecule has 3 heteroatoms. The number of carbonyl (C=O) groups excluding carboxylic acids is 1. The Hall–Kier alpha value is -1.77. The molecule has 1 aliphatic rings. The lowest BCUT2D eigenvalue weighted by Crippen LogP contribution is -2.05. The monoisotopic (exact) mass is 217 g/mol. The molecular formula is C13H15NO2. The van der Waals surface area contributed by atoms with Gasteiger partial charge in [-0.2, -0.15) is 0 Å². The van der Waals surface area contributed by atoms with Crippen molar-refractivity contribution in [2.45, 2.75) is 20.8 Å². The van der Waals surface area contributed by atoms with E-state index in [1.54, 1.807) is 0 Å². The first-order valence-electron chi connectivity index (χ1n) is 5.24. The van der Waals surface area contributed by atoms with Gasteiger partial charge in [0, 0.05) is 0 Å². The molecule has 0 saturated heterocycles. The quantitative estimate of drug-likeness (QED) is 0.780. The van der Waals surface area contributed by atoms with Gasteiger partial charge in [-0.15, -0.1) is 0 Å². The molecule has 1 aromatic carbocycles. The summed E-state index contributed by atoms with van der Waals surface area (Å²) in [5, 5.41) is 0. The highest BCUT2D eigenvalue weighted by Gasteiger charge is 2.26. The predicted molar refractivity (Wildman–Crippen MR) is 62.7 cm³/mol. The minimum Gasteiger partial charge on any atom is -0.470 e. The number of nitrogens with two attached hydrogens (primary N) is 1. The molecule has 0 atom stereocenters. The van der Waals surface area contributed by atoms with Crippen molar-refractivity contribution in [3.05, 3.63) is 40.3 Å². The Kier molecular flexibility index (Phi) is 2.46. The number of ether oxygens (including phenoxy) is 1. The maximum atomic E-state index is 11.7. The highest BCUT2D eigenvalue weighted by molar-refractivity contribution is 6.24. The van der Waals surface area contributed by atoms with Gasteiger partial charge in [-0.25, -0.2) is 0 Å². The molecule has 1 aromatic rings. The number of hydrogen-bond donors (Lipinski definition) is 1. The van der Waals surface area contributed by atoms with E-state index in [1.165, 1.54) is 5.56 Å². The summed E-state index contributed by atoms with van der Waals surface area (Å²) in [6.45, 7) is 6.07. The molecule has 1 heterocycles. The first-order chi connectivity index (χ1) is 7.50. The fourth-order valence-corrected chi connectivity index (χ4v) is 2.26. The maximum Gasteiger partial charge on any atom is 0.206 e. The largest absolute Gasteiger partial charge is 0.470 e. The van der Waals surface area contributed by atoms with Crippen LogP contribution in [-0.4, -0.2) is 12.4 Å². The Morgan fingerprint density at radius 2 is 1.75 bits per heavy atom. The number of rotatable bonds is 1. The van der Waals surface area contributed by atoms with E-state index in [0.29, 0.717) is 5.57 Å². The summed E-state index contributed by atoms with van der Waals surface area (Å²) in [6, 6.07) is 4.10. The Labute approximate surface area is 94.9 Å². The third kappa shape index (κ3) is 1.58. The lowest BCUT2D eigenvalue weighted by Gasteiger charge is -2.11. The predicted octanol–water partition coefficient (Wildman–Crippen LogP) is 1.84. The topological polar surface area (TPSA) is 52.3 Å². The number of carbonyl (C=O) groups is 1. The Morgan fingerprint density at radius 3 is 2.19 bits per heavy atom. The summed E-state index contributed by atoms with van der Waals surface area (Å²) in [6.07, 6.45) is 0. The zero-order valence-corrected chi connectivity index (χ0v) is 9.76. The Morgan fingerprint density at radius 1 is 1.19 bits per heavy atom. The summed E-state index contributed by atoms with van der Waals surface area (Å²) in [5.74, 6) is 0.215. The Bertz CT molecular complexity index is 478. The normalized spacial score (nSPS) is 15.6. The molecule has 16 heavy (non-hydrogen) atoms. The summed E-state index contributed by atoms with van der Waals surface area (Å²) in [7, 11) is 0. The van der Waals surface area contributed by atoms with Crippen molar-refractivity contribution in [2.24, 2.45) is 5.73 Å². The van der Waals surface area contributed by atoms with Gasteiger partial charge in [0.05, 0.1) is 5.57 Å². The van der Waals surface area contributed by atoms with E-state index in [0.717, 1.165) is 16.7 Å². The van der Waals surface area contributed by atoms with Gasteiger partial charge >= 0.3 is 0 Å². The van der Waals surface area contributed by atoms with Gasteiger partial charge in [0.2, 0.25) is 5.78 Å². The minimum absolute atomic E-state index is 0.0347. The fraction of sp³-hybridized carbons (Fsp3) is 0.308. The van der Waals surface area contributed by atoms with E-state index in [9.17, 15) is 4.79 Å². The number of Topliss-reactive ketones (excluding diaryl/α,β-unsaturated/α-hetero) is 1. The van der Waals surface area contributed by atoms with Crippen LogP contribution in [0.1, 0.15) is 22.3 Å². The zero-order chi connectivity index (χ0) is 11.9. The van der Waals surface area contributed by atoms with Crippen molar-refractivity contribution in [1.82, 2.24) is 0 Å². The molecule has 0 aliphatic carbocycles. The smallest absolute Gasteiger partial charge is 0.206 e. The minimum atomic E-state index is -0.0347. The molecule has 0 saturated carbocycles. The molecule has 3 nitrogen and oxygen atoms in total. The van der Waals surface area contributed by atoms with Crippen molar-refractivity contribution in [1.29, 1.82) is 0 Å². The standard InChI is InChI=1S/C13H15NO2/c1-7-4-8(2)11(9(3)5-7)12-10(15)6-16-13(12)14/h4-5H,6,14H2,1-3H3. The summed E-state index contributed by atoms with van der Waals surface area (Å²) in [4.78, 5) is 11.7. The molecule has 0 fully saturated rings. The van der Waals surface area contributed by atoms with Crippen LogP contribution in [0.15, 0.2) is 18.0 Å². The molecule has 0 amide bonds. The van der Waals surface area contributed by atoms with E-state index < -0.39 is 0 Å². The van der Waals surface area contributed by atoms with Crippen LogP contribution in [0.2, 0.25) is 0 Å². The summed E-state index contributed by atoms with van der Waals surface area (Å²) < 4.78 is 5.08. The Balaban J connectivity index is 2.65. The summed E-state index contributed by atoms with van der Waals surface area (Å²) in [5.41, 5.74) is 10.5. The molecule has 0 bridgehead atoms. The lowest BCUT2D eigenvalue weighted by atomic mass is 9.92. The molecule has 0 unspecified atom stereocenters. The third-order valence-corrected chi connectivity index (χ3v) is 2.81. The van der Waals surface area contributed by atoms with Crippen molar-refractivity contribution in [3.63, 3.8) is 0 Å². The van der Waals surface area contributed by atoms with Gasteiger partial charge in [0.25, 0.3) is 0 Å². The van der Waals surface area contributed by atoms with Gasteiger partial charge in [-0.3, -0.25) is 4.79 Å². The van der Waals surface area contributed by atoms with Crippen LogP contribution in [-0.2, 0) is 9.53 Å². The number of ketones is 1. The van der Waals surface area contributed by atoms with E-state index in [1.807, 2.05) is 32.9 Å². The SMILES string of the molecule is Cc1cc(C)c(C2=C(N)OCC2=O)c(C)c1. The molecule has 0 aromatic heterocycles. The van der Waals surface area contributed by atoms with Gasteiger partial charge in [-0.05, 0) is 37.5 Å². The average molecular weight is 217 g/mol. The second kappa shape index (κ2) is 3.67. The molecule has 2 rings (SSSR count). The molecular weight excluding hydrogens is 202 g/mol. The van der Waals surface area contributed by atoms with Crippen molar-refractivity contribution in [3.8, 4) is 0 Å².